The predicted molar refractivity (Wildman–Crippen MR) is 124 cm³/mol. The van der Waals surface area contributed by atoms with E-state index in [0.29, 0.717) is 17.7 Å². The number of carboxylic acid groups (broad SMARTS) is 1. The zero-order valence-electron chi connectivity index (χ0n) is 18.1. The van der Waals surface area contributed by atoms with Crippen LogP contribution in [-0.4, -0.2) is 22.7 Å². The molecule has 4 aromatic rings. The number of ether oxygens (including phenoxy) is 1. The van der Waals surface area contributed by atoms with Crippen molar-refractivity contribution in [2.24, 2.45) is 0 Å². The lowest BCUT2D eigenvalue weighted by molar-refractivity contribution is 0.0696. The second kappa shape index (κ2) is 7.83. The van der Waals surface area contributed by atoms with Crippen molar-refractivity contribution in [2.45, 2.75) is 33.1 Å². The summed E-state index contributed by atoms with van der Waals surface area (Å²) >= 11 is 0. The van der Waals surface area contributed by atoms with Gasteiger partial charge in [0.1, 0.15) is 5.75 Å². The minimum atomic E-state index is -0.938. The van der Waals surface area contributed by atoms with E-state index < -0.39 is 5.97 Å². The van der Waals surface area contributed by atoms with Crippen LogP contribution in [0.5, 0.6) is 5.75 Å². The predicted octanol–water partition coefficient (Wildman–Crippen LogP) is 6.54. The Morgan fingerprint density at radius 2 is 1.91 bits per heavy atom. The largest absolute Gasteiger partial charge is 0.493 e. The van der Waals surface area contributed by atoms with Crippen molar-refractivity contribution in [3.8, 4) is 28.1 Å². The summed E-state index contributed by atoms with van der Waals surface area (Å²) in [7, 11) is 0. The number of aryl methyl sites for hydroxylation is 3. The van der Waals surface area contributed by atoms with Gasteiger partial charge in [-0.3, -0.25) is 0 Å². The molecule has 0 saturated carbocycles. The highest BCUT2D eigenvalue weighted by Crippen LogP contribution is 2.40. The monoisotopic (exact) mass is 429 g/mol. The Hall–Kier alpha value is -3.60. The van der Waals surface area contributed by atoms with E-state index in [0.717, 1.165) is 63.9 Å². The molecule has 0 atom stereocenters. The first-order valence-corrected chi connectivity index (χ1v) is 10.9. The molecule has 0 aliphatic heterocycles. The molecule has 32 heavy (non-hydrogen) atoms. The smallest absolute Gasteiger partial charge is 0.335 e. The molecule has 2 N–H and O–H groups in total. The fraction of sp³-hybridized carbons (Fsp3) is 0.222. The molecule has 0 saturated heterocycles. The summed E-state index contributed by atoms with van der Waals surface area (Å²) in [5, 5.41) is 10.2. The number of aromatic amines is 1. The van der Waals surface area contributed by atoms with Crippen LogP contribution in [0.1, 0.15) is 40.4 Å². The number of benzene rings is 3. The first kappa shape index (κ1) is 20.3. The van der Waals surface area contributed by atoms with Crippen LogP contribution in [0, 0.1) is 12.7 Å². The Morgan fingerprint density at radius 3 is 2.66 bits per heavy atom. The summed E-state index contributed by atoms with van der Waals surface area (Å²) in [6.45, 7) is 4.69. The number of nitrogens with one attached hydrogen (secondary N) is 1. The molecule has 0 amide bonds. The van der Waals surface area contributed by atoms with Crippen molar-refractivity contribution in [2.75, 3.05) is 6.61 Å². The molecule has 162 valence electrons. The number of fused-ring (bicyclic) bond motifs is 5. The third-order valence-corrected chi connectivity index (χ3v) is 6.23. The number of carboxylic acids is 1. The van der Waals surface area contributed by atoms with Crippen LogP contribution >= 0.6 is 0 Å². The number of hydrogen-bond donors (Lipinski definition) is 2. The topological polar surface area (TPSA) is 62.3 Å². The van der Waals surface area contributed by atoms with Gasteiger partial charge in [0.05, 0.1) is 23.4 Å². The lowest BCUT2D eigenvalue weighted by Gasteiger charge is -2.17. The molecule has 1 aromatic heterocycles. The van der Waals surface area contributed by atoms with Crippen molar-refractivity contribution in [3.05, 3.63) is 76.6 Å². The van der Waals surface area contributed by atoms with E-state index in [9.17, 15) is 9.90 Å². The zero-order valence-corrected chi connectivity index (χ0v) is 18.1. The van der Waals surface area contributed by atoms with E-state index in [2.05, 4.69) is 11.9 Å². The molecule has 5 heteroatoms. The normalized spacial score (nSPS) is 12.5. The molecule has 0 radical (unpaired) electrons. The number of aromatic carboxylic acids is 1. The van der Waals surface area contributed by atoms with Crippen LogP contribution in [0.3, 0.4) is 0 Å². The van der Waals surface area contributed by atoms with Crippen LogP contribution in [-0.2, 0) is 12.8 Å². The van der Waals surface area contributed by atoms with Gasteiger partial charge in [0.25, 0.3) is 0 Å². The maximum Gasteiger partial charge on any atom is 0.335 e. The third-order valence-electron chi connectivity index (χ3n) is 6.23. The number of aromatic nitrogens is 1. The fourth-order valence-electron chi connectivity index (χ4n) is 4.63. The number of hydrogen-bond acceptors (Lipinski definition) is 2. The Morgan fingerprint density at radius 1 is 1.09 bits per heavy atom. The lowest BCUT2D eigenvalue weighted by Crippen LogP contribution is -2.05. The Kier molecular flexibility index (Phi) is 4.97. The fourth-order valence-corrected chi connectivity index (χ4v) is 4.63. The van der Waals surface area contributed by atoms with Gasteiger partial charge in [0, 0.05) is 16.5 Å². The van der Waals surface area contributed by atoms with Crippen molar-refractivity contribution in [3.63, 3.8) is 0 Å². The zero-order chi connectivity index (χ0) is 22.4. The summed E-state index contributed by atoms with van der Waals surface area (Å²) in [5.74, 6) is -0.390. The quantitative estimate of drug-likeness (QED) is 0.379. The minimum absolute atomic E-state index is 0.276. The van der Waals surface area contributed by atoms with Gasteiger partial charge >= 0.3 is 5.97 Å². The molecule has 4 nitrogen and oxygen atoms in total. The van der Waals surface area contributed by atoms with Gasteiger partial charge in [0.15, 0.2) is 5.82 Å². The van der Waals surface area contributed by atoms with Crippen LogP contribution in [0.4, 0.5) is 4.39 Å². The van der Waals surface area contributed by atoms with Gasteiger partial charge in [0.2, 0.25) is 0 Å². The highest BCUT2D eigenvalue weighted by atomic mass is 19.1. The molecule has 5 rings (SSSR count). The van der Waals surface area contributed by atoms with E-state index in [-0.39, 0.29) is 11.4 Å². The average Bonchev–Trinajstić information content (AvgIpc) is 3.18. The van der Waals surface area contributed by atoms with Gasteiger partial charge in [-0.05, 0) is 72.7 Å². The molecule has 0 fully saturated rings. The highest BCUT2D eigenvalue weighted by molar-refractivity contribution is 5.96. The van der Waals surface area contributed by atoms with E-state index in [4.69, 9.17) is 4.74 Å². The molecule has 3 aromatic carbocycles. The van der Waals surface area contributed by atoms with Gasteiger partial charge in [-0.15, -0.1) is 0 Å². The van der Waals surface area contributed by atoms with E-state index in [1.807, 2.05) is 43.3 Å². The summed E-state index contributed by atoms with van der Waals surface area (Å²) in [6, 6.07) is 14.7. The molecule has 0 bridgehead atoms. The molecule has 0 spiro atoms. The molecule has 0 unspecified atom stereocenters. The molecular formula is C27H24FNO3. The average molecular weight is 429 g/mol. The van der Waals surface area contributed by atoms with Crippen LogP contribution in [0.2, 0.25) is 0 Å². The number of H-pyrrole nitrogens is 1. The molecule has 1 heterocycles. The maximum atomic E-state index is 15.7. The molecule has 1 aliphatic rings. The summed E-state index contributed by atoms with van der Waals surface area (Å²) in [5.41, 5.74) is 6.99. The number of carbonyl (C=O) groups is 1. The van der Waals surface area contributed by atoms with Gasteiger partial charge in [-0.2, -0.15) is 0 Å². The minimum Gasteiger partial charge on any atom is -0.493 e. The second-order valence-electron chi connectivity index (χ2n) is 8.33. The van der Waals surface area contributed by atoms with Gasteiger partial charge < -0.3 is 14.8 Å². The van der Waals surface area contributed by atoms with Crippen molar-refractivity contribution in [1.29, 1.82) is 0 Å². The van der Waals surface area contributed by atoms with E-state index in [1.54, 1.807) is 12.1 Å². The van der Waals surface area contributed by atoms with Crippen LogP contribution in [0.25, 0.3) is 33.3 Å². The number of rotatable bonds is 5. The first-order chi connectivity index (χ1) is 15.5. The standard InChI is InChI=1S/C27H24FNO3/c1-3-12-32-23-11-6-16(13-15(23)2)19-9-10-22-21-8-4-17-14-18(27(30)31)5-7-20(17)25(21)29-26(22)24(19)28/h5-7,9-11,13-14,29H,3-4,8,12H2,1-2H3,(H,30,31). The third kappa shape index (κ3) is 3.25. The van der Waals surface area contributed by atoms with Crippen molar-refractivity contribution in [1.82, 2.24) is 4.98 Å². The Balaban J connectivity index is 1.59. The second-order valence-corrected chi connectivity index (χ2v) is 8.33. The van der Waals surface area contributed by atoms with Gasteiger partial charge in [-0.25, -0.2) is 9.18 Å². The first-order valence-electron chi connectivity index (χ1n) is 10.9. The number of halogens is 1. The van der Waals surface area contributed by atoms with Crippen molar-refractivity contribution < 1.29 is 19.0 Å². The van der Waals surface area contributed by atoms with E-state index in [1.165, 1.54) is 0 Å². The SMILES string of the molecule is CCCOc1ccc(-c2ccc3c4c([nH]c3c2F)-c2ccc(C(=O)O)cc2CC4)cc1C. The molecular weight excluding hydrogens is 405 g/mol. The summed E-state index contributed by atoms with van der Waals surface area (Å²) < 4.78 is 21.4. The Bertz CT molecular complexity index is 1370. The van der Waals surface area contributed by atoms with Crippen LogP contribution < -0.4 is 4.74 Å². The van der Waals surface area contributed by atoms with Crippen molar-refractivity contribution >= 4 is 16.9 Å². The van der Waals surface area contributed by atoms with Crippen LogP contribution in [0.15, 0.2) is 48.5 Å². The highest BCUT2D eigenvalue weighted by Gasteiger charge is 2.24. The summed E-state index contributed by atoms with van der Waals surface area (Å²) in [4.78, 5) is 14.6. The van der Waals surface area contributed by atoms with E-state index >= 15 is 4.39 Å². The summed E-state index contributed by atoms with van der Waals surface area (Å²) in [6.07, 6.45) is 2.41. The Labute approximate surface area is 185 Å². The molecule has 1 aliphatic carbocycles. The maximum absolute atomic E-state index is 15.7. The van der Waals surface area contributed by atoms with Gasteiger partial charge in [-0.1, -0.05) is 31.2 Å². The lowest BCUT2D eigenvalue weighted by atomic mass is 9.88.